The van der Waals surface area contributed by atoms with Crippen LogP contribution in [0.25, 0.3) is 0 Å². The van der Waals surface area contributed by atoms with Gasteiger partial charge in [-0.1, -0.05) is 23.2 Å². The highest BCUT2D eigenvalue weighted by molar-refractivity contribution is 6.35. The van der Waals surface area contributed by atoms with Crippen molar-refractivity contribution in [1.82, 2.24) is 0 Å². The molecule has 0 aromatic heterocycles. The summed E-state index contributed by atoms with van der Waals surface area (Å²) in [5, 5.41) is 3.75. The lowest BCUT2D eigenvalue weighted by Crippen LogP contribution is -2.35. The van der Waals surface area contributed by atoms with Gasteiger partial charge in [-0.2, -0.15) is 0 Å². The smallest absolute Gasteiger partial charge is 0.310 e. The van der Waals surface area contributed by atoms with Crippen LogP contribution in [0.15, 0.2) is 18.2 Å². The lowest BCUT2D eigenvalue weighted by atomic mass is 9.79. The second-order valence-corrected chi connectivity index (χ2v) is 6.88. The number of benzene rings is 1. The SMILES string of the molecule is O=C(Nc1cc(Cl)ccc1Cl)[C@H]1[C@H]2C[C@@H]3[C@@H]1C(=O)O[C@@H]3C2. The number of halogens is 2. The number of hydrogen-bond acceptors (Lipinski definition) is 3. The molecule has 5 atom stereocenters. The zero-order valence-electron chi connectivity index (χ0n) is 11.0. The average Bonchev–Trinajstić information content (AvgIpc) is 3.03. The summed E-state index contributed by atoms with van der Waals surface area (Å²) < 4.78 is 5.35. The molecule has 1 N–H and O–H groups in total. The number of rotatable bonds is 2. The van der Waals surface area contributed by atoms with Crippen molar-refractivity contribution in [1.29, 1.82) is 0 Å². The minimum atomic E-state index is -0.309. The van der Waals surface area contributed by atoms with Gasteiger partial charge < -0.3 is 10.1 Å². The van der Waals surface area contributed by atoms with Crippen LogP contribution in [-0.4, -0.2) is 18.0 Å². The van der Waals surface area contributed by atoms with E-state index >= 15 is 0 Å². The van der Waals surface area contributed by atoms with Gasteiger partial charge in [-0.3, -0.25) is 9.59 Å². The van der Waals surface area contributed by atoms with E-state index in [1.54, 1.807) is 18.2 Å². The van der Waals surface area contributed by atoms with Crippen LogP contribution >= 0.6 is 23.2 Å². The summed E-state index contributed by atoms with van der Waals surface area (Å²) in [5.74, 6) is -0.526. The summed E-state index contributed by atoms with van der Waals surface area (Å²) in [7, 11) is 0. The molecule has 1 heterocycles. The van der Waals surface area contributed by atoms with Crippen LogP contribution in [0.1, 0.15) is 12.8 Å². The second-order valence-electron chi connectivity index (χ2n) is 6.04. The molecule has 3 fully saturated rings. The highest BCUT2D eigenvalue weighted by Crippen LogP contribution is 2.57. The molecular formula is C15H13Cl2NO3. The van der Waals surface area contributed by atoms with Gasteiger partial charge in [-0.25, -0.2) is 0 Å². The molecule has 4 rings (SSSR count). The fourth-order valence-corrected chi connectivity index (χ4v) is 4.51. The van der Waals surface area contributed by atoms with Gasteiger partial charge in [0, 0.05) is 10.9 Å². The van der Waals surface area contributed by atoms with Crippen molar-refractivity contribution in [2.45, 2.75) is 18.9 Å². The third-order valence-corrected chi connectivity index (χ3v) is 5.54. The molecule has 4 nitrogen and oxygen atoms in total. The number of ether oxygens (including phenoxy) is 1. The third kappa shape index (κ3) is 1.96. The van der Waals surface area contributed by atoms with Crippen molar-refractivity contribution in [3.63, 3.8) is 0 Å². The number of carbonyl (C=O) groups excluding carboxylic acids is 2. The number of anilines is 1. The molecule has 1 aliphatic heterocycles. The van der Waals surface area contributed by atoms with Gasteiger partial charge in [0.1, 0.15) is 6.10 Å². The Hall–Kier alpha value is -1.26. The van der Waals surface area contributed by atoms with E-state index in [0.717, 1.165) is 12.8 Å². The lowest BCUT2D eigenvalue weighted by molar-refractivity contribution is -0.145. The fraction of sp³-hybridized carbons (Fsp3) is 0.467. The topological polar surface area (TPSA) is 55.4 Å². The first-order chi connectivity index (χ1) is 10.0. The van der Waals surface area contributed by atoms with Crippen molar-refractivity contribution < 1.29 is 14.3 Å². The molecule has 1 saturated heterocycles. The fourth-order valence-electron chi connectivity index (χ4n) is 4.17. The van der Waals surface area contributed by atoms with Crippen molar-refractivity contribution >= 4 is 40.8 Å². The van der Waals surface area contributed by atoms with Gasteiger partial charge in [0.2, 0.25) is 5.91 Å². The van der Waals surface area contributed by atoms with Gasteiger partial charge in [0.25, 0.3) is 0 Å². The Balaban J connectivity index is 1.58. The van der Waals surface area contributed by atoms with E-state index in [2.05, 4.69) is 5.32 Å². The van der Waals surface area contributed by atoms with Gasteiger partial charge in [-0.05, 0) is 37.0 Å². The number of fused-ring (bicyclic) bond motifs is 1. The third-order valence-electron chi connectivity index (χ3n) is 4.97. The van der Waals surface area contributed by atoms with Crippen LogP contribution in [-0.2, 0) is 14.3 Å². The van der Waals surface area contributed by atoms with Crippen molar-refractivity contribution in [2.75, 3.05) is 5.32 Å². The second kappa shape index (κ2) is 4.62. The van der Waals surface area contributed by atoms with E-state index in [-0.39, 0.29) is 41.7 Å². The molecule has 0 radical (unpaired) electrons. The minimum Gasteiger partial charge on any atom is -0.462 e. The highest BCUT2D eigenvalue weighted by Gasteiger charge is 2.63. The molecule has 0 spiro atoms. The molecule has 2 bridgehead atoms. The Kier molecular flexibility index (Phi) is 2.95. The zero-order valence-corrected chi connectivity index (χ0v) is 12.5. The summed E-state index contributed by atoms with van der Waals surface area (Å²) >= 11 is 12.0. The van der Waals surface area contributed by atoms with Crippen LogP contribution in [0.4, 0.5) is 5.69 Å². The summed E-state index contributed by atoms with van der Waals surface area (Å²) in [6, 6.07) is 4.92. The van der Waals surface area contributed by atoms with Gasteiger partial charge in [0.15, 0.2) is 0 Å². The summed E-state index contributed by atoms with van der Waals surface area (Å²) in [6.45, 7) is 0. The molecule has 1 aromatic rings. The quantitative estimate of drug-likeness (QED) is 0.850. The standard InChI is InChI=1S/C15H13Cl2NO3/c16-7-1-2-9(17)10(5-7)18-14(19)12-6-3-8-11(4-6)21-15(20)13(8)12/h1-2,5-6,8,11-13H,3-4H2,(H,18,19)/t6-,8-,11+,12-,13-/m0/s1. The van der Waals surface area contributed by atoms with Crippen LogP contribution in [0.2, 0.25) is 10.0 Å². The molecule has 3 aliphatic rings. The van der Waals surface area contributed by atoms with Crippen molar-refractivity contribution in [3.05, 3.63) is 28.2 Å². The molecule has 21 heavy (non-hydrogen) atoms. The lowest BCUT2D eigenvalue weighted by Gasteiger charge is -2.23. The van der Waals surface area contributed by atoms with E-state index in [0.29, 0.717) is 15.7 Å². The maximum Gasteiger partial charge on any atom is 0.310 e. The number of carbonyl (C=O) groups is 2. The van der Waals surface area contributed by atoms with Crippen LogP contribution < -0.4 is 5.32 Å². The Bertz CT molecular complexity index is 646. The maximum absolute atomic E-state index is 12.6. The predicted octanol–water partition coefficient (Wildman–Crippen LogP) is 3.13. The molecule has 2 aliphatic carbocycles. The largest absolute Gasteiger partial charge is 0.462 e. The normalized spacial score (nSPS) is 35.9. The molecule has 0 unspecified atom stereocenters. The first kappa shape index (κ1) is 13.4. The molecule has 2 saturated carbocycles. The maximum atomic E-state index is 12.6. The van der Waals surface area contributed by atoms with E-state index in [9.17, 15) is 9.59 Å². The van der Waals surface area contributed by atoms with Gasteiger partial charge in [-0.15, -0.1) is 0 Å². The summed E-state index contributed by atoms with van der Waals surface area (Å²) in [5.41, 5.74) is 0.486. The number of esters is 1. The Labute approximate surface area is 131 Å². The molecule has 6 heteroatoms. The van der Waals surface area contributed by atoms with E-state index in [1.807, 2.05) is 0 Å². The first-order valence-electron chi connectivity index (χ1n) is 7.01. The van der Waals surface area contributed by atoms with Crippen LogP contribution in [0.5, 0.6) is 0 Å². The van der Waals surface area contributed by atoms with Crippen LogP contribution in [0.3, 0.4) is 0 Å². The monoisotopic (exact) mass is 325 g/mol. The predicted molar refractivity (Wildman–Crippen MR) is 78.2 cm³/mol. The van der Waals surface area contributed by atoms with E-state index in [4.69, 9.17) is 27.9 Å². The Morgan fingerprint density at radius 3 is 2.90 bits per heavy atom. The molecular weight excluding hydrogens is 313 g/mol. The van der Waals surface area contributed by atoms with Crippen molar-refractivity contribution in [2.24, 2.45) is 23.7 Å². The van der Waals surface area contributed by atoms with E-state index < -0.39 is 0 Å². The van der Waals surface area contributed by atoms with Gasteiger partial charge in [0.05, 0.1) is 22.5 Å². The molecule has 1 amide bonds. The average molecular weight is 326 g/mol. The van der Waals surface area contributed by atoms with Gasteiger partial charge >= 0.3 is 5.97 Å². The van der Waals surface area contributed by atoms with Crippen molar-refractivity contribution in [3.8, 4) is 0 Å². The van der Waals surface area contributed by atoms with Crippen LogP contribution in [0, 0.1) is 23.7 Å². The highest BCUT2D eigenvalue weighted by atomic mass is 35.5. The summed E-state index contributed by atoms with van der Waals surface area (Å²) in [6.07, 6.45) is 1.74. The van der Waals surface area contributed by atoms with E-state index in [1.165, 1.54) is 0 Å². The summed E-state index contributed by atoms with van der Waals surface area (Å²) in [4.78, 5) is 24.5. The number of nitrogens with one attached hydrogen (secondary N) is 1. The number of hydrogen-bond donors (Lipinski definition) is 1. The molecule has 110 valence electrons. The Morgan fingerprint density at radius 1 is 1.29 bits per heavy atom. The minimum absolute atomic E-state index is 0.0336. The zero-order chi connectivity index (χ0) is 14.7. The number of amides is 1. The Morgan fingerprint density at radius 2 is 2.10 bits per heavy atom. The molecule has 1 aromatic carbocycles. The first-order valence-corrected chi connectivity index (χ1v) is 7.76.